The summed E-state index contributed by atoms with van der Waals surface area (Å²) in [7, 11) is 0. The number of hydrogen-bond acceptors (Lipinski definition) is 5. The summed E-state index contributed by atoms with van der Waals surface area (Å²) < 4.78 is 11.1. The van der Waals surface area contributed by atoms with Gasteiger partial charge >= 0.3 is 11.9 Å². The van der Waals surface area contributed by atoms with Crippen LogP contribution in [-0.4, -0.2) is 17.0 Å². The quantitative estimate of drug-likeness (QED) is 0.236. The first-order valence-corrected chi connectivity index (χ1v) is 11.1. The third-order valence-electron chi connectivity index (χ3n) is 5.85. The predicted molar refractivity (Wildman–Crippen MR) is 135 cm³/mol. The number of hydrogen-bond donors (Lipinski definition) is 1. The average molecular weight is 463 g/mol. The molecule has 0 heterocycles. The molecule has 5 aromatic rings. The minimum atomic E-state index is -0.501. The lowest BCUT2D eigenvalue weighted by atomic mass is 10.0. The van der Waals surface area contributed by atoms with Crippen LogP contribution in [0.4, 0.5) is 0 Å². The summed E-state index contributed by atoms with van der Waals surface area (Å²) in [5.74, 6) is -0.0542. The van der Waals surface area contributed by atoms with E-state index in [4.69, 9.17) is 9.47 Å². The van der Waals surface area contributed by atoms with Gasteiger partial charge in [0.2, 0.25) is 0 Å². The predicted octanol–water partition coefficient (Wildman–Crippen LogP) is 6.75. The van der Waals surface area contributed by atoms with Crippen molar-refractivity contribution in [3.63, 3.8) is 0 Å². The molecule has 0 aliphatic heterocycles. The minimum absolute atomic E-state index is 0.167. The molecule has 0 amide bonds. The molecule has 0 aromatic heterocycles. The van der Waals surface area contributed by atoms with Crippen molar-refractivity contribution in [3.8, 4) is 17.2 Å². The lowest BCUT2D eigenvalue weighted by molar-refractivity contribution is 0.0718. The number of aryl methyl sites for hydroxylation is 2. The second-order valence-electron chi connectivity index (χ2n) is 8.52. The molecule has 0 radical (unpaired) electrons. The molecule has 172 valence electrons. The zero-order chi connectivity index (χ0) is 24.5. The molecule has 0 atom stereocenters. The Balaban J connectivity index is 1.30. The van der Waals surface area contributed by atoms with Crippen LogP contribution in [0.25, 0.3) is 21.5 Å². The molecule has 35 heavy (non-hydrogen) atoms. The van der Waals surface area contributed by atoms with Crippen LogP contribution in [-0.2, 0) is 0 Å². The number of phenolic OH excluding ortho intramolecular Hbond substituents is 1. The SMILES string of the molecule is Cc1ccc2cc(C(=O)Oc3ccc(OC(=O)c4ccc5cc(O)ccc5c4)c(C)c3)ccc2c1. The summed E-state index contributed by atoms with van der Waals surface area (Å²) in [5.41, 5.74) is 2.66. The van der Waals surface area contributed by atoms with E-state index in [-0.39, 0.29) is 5.75 Å². The first-order chi connectivity index (χ1) is 16.9. The largest absolute Gasteiger partial charge is 0.508 e. The molecule has 5 rings (SSSR count). The Morgan fingerprint density at radius 3 is 1.86 bits per heavy atom. The maximum Gasteiger partial charge on any atom is 0.343 e. The number of aromatic hydroxyl groups is 1. The highest BCUT2D eigenvalue weighted by Crippen LogP contribution is 2.27. The van der Waals surface area contributed by atoms with Crippen molar-refractivity contribution in [2.75, 3.05) is 0 Å². The molecule has 0 saturated heterocycles. The fraction of sp³-hybridized carbons (Fsp3) is 0.0667. The molecular weight excluding hydrogens is 440 g/mol. The number of ether oxygens (including phenoxy) is 2. The van der Waals surface area contributed by atoms with E-state index in [1.807, 2.05) is 31.2 Å². The molecule has 5 heteroatoms. The summed E-state index contributed by atoms with van der Waals surface area (Å²) in [4.78, 5) is 25.4. The molecule has 5 nitrogen and oxygen atoms in total. The highest BCUT2D eigenvalue weighted by Gasteiger charge is 2.14. The molecule has 0 fully saturated rings. The van der Waals surface area contributed by atoms with E-state index in [1.165, 1.54) is 0 Å². The van der Waals surface area contributed by atoms with Crippen molar-refractivity contribution < 1.29 is 24.2 Å². The van der Waals surface area contributed by atoms with Crippen LogP contribution in [0.1, 0.15) is 31.8 Å². The lowest BCUT2D eigenvalue weighted by Gasteiger charge is -2.11. The summed E-state index contributed by atoms with van der Waals surface area (Å²) in [5, 5.41) is 13.3. The van der Waals surface area contributed by atoms with E-state index in [1.54, 1.807) is 67.6 Å². The summed E-state index contributed by atoms with van der Waals surface area (Å²) in [6.07, 6.45) is 0. The Morgan fingerprint density at radius 2 is 1.17 bits per heavy atom. The van der Waals surface area contributed by atoms with Crippen LogP contribution < -0.4 is 9.47 Å². The maximum atomic E-state index is 12.7. The van der Waals surface area contributed by atoms with Crippen LogP contribution in [0, 0.1) is 13.8 Å². The van der Waals surface area contributed by atoms with Gasteiger partial charge < -0.3 is 14.6 Å². The van der Waals surface area contributed by atoms with Gasteiger partial charge in [-0.2, -0.15) is 0 Å². The van der Waals surface area contributed by atoms with Gasteiger partial charge in [-0.05, 0) is 95.6 Å². The molecule has 1 N–H and O–H groups in total. The van der Waals surface area contributed by atoms with Gasteiger partial charge in [-0.25, -0.2) is 9.59 Å². The smallest absolute Gasteiger partial charge is 0.343 e. The number of fused-ring (bicyclic) bond motifs is 2. The zero-order valence-electron chi connectivity index (χ0n) is 19.2. The standard InChI is InChI=1S/C30H22O5/c1-18-3-4-21-15-24(7-5-20(21)13-18)29(32)34-27-11-12-28(19(2)14-27)35-30(33)25-8-6-23-17-26(31)10-9-22(23)16-25/h3-17,31H,1-2H3. The number of carbonyl (C=O) groups excluding carboxylic acids is 2. The summed E-state index contributed by atoms with van der Waals surface area (Å²) in [6, 6.07) is 26.5. The first-order valence-electron chi connectivity index (χ1n) is 11.1. The van der Waals surface area contributed by atoms with Gasteiger partial charge in [0.05, 0.1) is 11.1 Å². The van der Waals surface area contributed by atoms with E-state index in [0.717, 1.165) is 27.1 Å². The molecule has 0 aliphatic carbocycles. The number of benzene rings is 5. The summed E-state index contributed by atoms with van der Waals surface area (Å²) in [6.45, 7) is 3.81. The van der Waals surface area contributed by atoms with Gasteiger partial charge in [0.25, 0.3) is 0 Å². The van der Waals surface area contributed by atoms with E-state index in [2.05, 4.69) is 6.07 Å². The van der Waals surface area contributed by atoms with Crippen LogP contribution >= 0.6 is 0 Å². The van der Waals surface area contributed by atoms with E-state index in [9.17, 15) is 14.7 Å². The van der Waals surface area contributed by atoms with Gasteiger partial charge in [0.15, 0.2) is 0 Å². The second kappa shape index (κ2) is 8.95. The number of rotatable bonds is 4. The van der Waals surface area contributed by atoms with E-state index >= 15 is 0 Å². The second-order valence-corrected chi connectivity index (χ2v) is 8.52. The van der Waals surface area contributed by atoms with Crippen LogP contribution in [0.15, 0.2) is 91.0 Å². The van der Waals surface area contributed by atoms with Crippen molar-refractivity contribution in [3.05, 3.63) is 113 Å². The Bertz CT molecular complexity index is 1620. The van der Waals surface area contributed by atoms with E-state index < -0.39 is 11.9 Å². The van der Waals surface area contributed by atoms with Gasteiger partial charge in [0, 0.05) is 0 Å². The van der Waals surface area contributed by atoms with Crippen molar-refractivity contribution in [1.29, 1.82) is 0 Å². The normalized spacial score (nSPS) is 10.9. The Morgan fingerprint density at radius 1 is 0.600 bits per heavy atom. The molecule has 0 saturated carbocycles. The first kappa shape index (κ1) is 22.2. The number of phenols is 1. The van der Waals surface area contributed by atoms with Gasteiger partial charge in [-0.15, -0.1) is 0 Å². The van der Waals surface area contributed by atoms with Gasteiger partial charge in [-0.1, -0.05) is 42.0 Å². The highest BCUT2D eigenvalue weighted by molar-refractivity contribution is 5.97. The monoisotopic (exact) mass is 462 g/mol. The Hall–Kier alpha value is -4.64. The highest BCUT2D eigenvalue weighted by atomic mass is 16.5. The molecule has 5 aromatic carbocycles. The third-order valence-corrected chi connectivity index (χ3v) is 5.85. The zero-order valence-corrected chi connectivity index (χ0v) is 19.2. The number of esters is 2. The fourth-order valence-corrected chi connectivity index (χ4v) is 3.98. The minimum Gasteiger partial charge on any atom is -0.508 e. The van der Waals surface area contributed by atoms with Gasteiger partial charge in [0.1, 0.15) is 17.2 Å². The van der Waals surface area contributed by atoms with Crippen molar-refractivity contribution in [1.82, 2.24) is 0 Å². The van der Waals surface area contributed by atoms with Crippen molar-refractivity contribution in [2.24, 2.45) is 0 Å². The lowest BCUT2D eigenvalue weighted by Crippen LogP contribution is -2.10. The molecular formula is C30H22O5. The molecule has 0 bridgehead atoms. The molecule has 0 spiro atoms. The average Bonchev–Trinajstić information content (AvgIpc) is 2.84. The van der Waals surface area contributed by atoms with Crippen LogP contribution in [0.3, 0.4) is 0 Å². The van der Waals surface area contributed by atoms with Crippen molar-refractivity contribution in [2.45, 2.75) is 13.8 Å². The van der Waals surface area contributed by atoms with Crippen LogP contribution in [0.2, 0.25) is 0 Å². The number of carbonyl (C=O) groups is 2. The Kier molecular flexibility index (Phi) is 5.67. The van der Waals surface area contributed by atoms with Crippen LogP contribution in [0.5, 0.6) is 17.2 Å². The third kappa shape index (κ3) is 4.70. The van der Waals surface area contributed by atoms with Crippen molar-refractivity contribution >= 4 is 33.5 Å². The molecule has 0 unspecified atom stereocenters. The van der Waals surface area contributed by atoms with Gasteiger partial charge in [-0.3, -0.25) is 0 Å². The Labute approximate surface area is 202 Å². The summed E-state index contributed by atoms with van der Waals surface area (Å²) >= 11 is 0. The molecule has 0 aliphatic rings. The topological polar surface area (TPSA) is 72.8 Å². The fourth-order valence-electron chi connectivity index (χ4n) is 3.98. The van der Waals surface area contributed by atoms with E-state index in [0.29, 0.717) is 28.2 Å². The maximum absolute atomic E-state index is 12.7.